The summed E-state index contributed by atoms with van der Waals surface area (Å²) in [5.74, 6) is 0. The van der Waals surface area contributed by atoms with Crippen LogP contribution in [0.5, 0.6) is 0 Å². The standard InChI is InChI=1S/C9H9N2.C2H5.Y/c1-7-4-3-5-8-6-11(2)10-9(7)8;1-2;/h3-6H,2H2,1H3;1H2,2H3;/q2*-1;. The van der Waals surface area contributed by atoms with Gasteiger partial charge < -0.3 is 11.6 Å². The molecule has 0 aliphatic rings. The first-order valence-electron chi connectivity index (χ1n) is 4.24. The molecular weight excluding hydrogens is 249 g/mol. The molecule has 0 aliphatic heterocycles. The maximum Gasteiger partial charge on any atom is 0.0743 e. The Morgan fingerprint density at radius 3 is 2.50 bits per heavy atom. The summed E-state index contributed by atoms with van der Waals surface area (Å²) in [6.45, 7) is 7.05. The molecule has 2 rings (SSSR count). The number of hydrogen-bond donors (Lipinski definition) is 0. The van der Waals surface area contributed by atoms with Gasteiger partial charge in [-0.15, -0.1) is 6.20 Å². The third kappa shape index (κ3) is 2.83. The van der Waals surface area contributed by atoms with Crippen molar-refractivity contribution in [1.82, 2.24) is 9.78 Å². The maximum absolute atomic E-state index is 4.22. The van der Waals surface area contributed by atoms with Crippen LogP contribution in [0.25, 0.3) is 10.9 Å². The van der Waals surface area contributed by atoms with Crippen LogP contribution in [0, 0.1) is 20.9 Å². The Hall–Kier alpha value is -0.336. The van der Waals surface area contributed by atoms with E-state index in [1.165, 1.54) is 5.56 Å². The Kier molecular flexibility index (Phi) is 6.06. The molecule has 0 saturated heterocycles. The van der Waals surface area contributed by atoms with E-state index in [2.05, 4.69) is 32.1 Å². The van der Waals surface area contributed by atoms with Gasteiger partial charge in [-0.25, -0.2) is 5.10 Å². The minimum absolute atomic E-state index is 0. The van der Waals surface area contributed by atoms with Crippen molar-refractivity contribution in [2.24, 2.45) is 0 Å². The second kappa shape index (κ2) is 6.20. The average Bonchev–Trinajstić information content (AvgIpc) is 2.51. The van der Waals surface area contributed by atoms with Gasteiger partial charge in [-0.05, 0) is 12.5 Å². The zero-order chi connectivity index (χ0) is 9.84. The largest absolute Gasteiger partial charge is 0.407 e. The molecule has 2 nitrogen and oxygen atoms in total. The molecule has 73 valence electrons. The maximum atomic E-state index is 4.22. The molecular formula is C11H14N2Y-2. The van der Waals surface area contributed by atoms with Crippen LogP contribution in [-0.2, 0) is 32.7 Å². The Morgan fingerprint density at radius 2 is 1.93 bits per heavy atom. The minimum Gasteiger partial charge on any atom is -0.407 e. The zero-order valence-electron chi connectivity index (χ0n) is 8.70. The predicted molar refractivity (Wildman–Crippen MR) is 56.3 cm³/mol. The molecule has 2 aromatic rings. The number of aromatic nitrogens is 2. The van der Waals surface area contributed by atoms with Crippen LogP contribution < -0.4 is 0 Å². The third-order valence-corrected chi connectivity index (χ3v) is 1.79. The van der Waals surface area contributed by atoms with Crippen molar-refractivity contribution in [3.05, 3.63) is 43.9 Å². The van der Waals surface area contributed by atoms with Gasteiger partial charge in [-0.3, -0.25) is 0 Å². The van der Waals surface area contributed by atoms with Crippen molar-refractivity contribution >= 4 is 10.9 Å². The van der Waals surface area contributed by atoms with E-state index >= 15 is 0 Å². The van der Waals surface area contributed by atoms with Gasteiger partial charge in [-0.2, -0.15) is 14.0 Å². The Bertz CT molecular complexity index is 393. The Morgan fingerprint density at radius 1 is 1.29 bits per heavy atom. The van der Waals surface area contributed by atoms with E-state index in [1.807, 2.05) is 18.3 Å². The van der Waals surface area contributed by atoms with Crippen molar-refractivity contribution < 1.29 is 32.7 Å². The molecule has 1 radical (unpaired) electrons. The Labute approximate surface area is 111 Å². The fourth-order valence-electron chi connectivity index (χ4n) is 1.24. The van der Waals surface area contributed by atoms with E-state index in [0.717, 1.165) is 10.9 Å². The van der Waals surface area contributed by atoms with Crippen LogP contribution in [-0.4, -0.2) is 9.78 Å². The summed E-state index contributed by atoms with van der Waals surface area (Å²) in [6.07, 6.45) is 1.92. The van der Waals surface area contributed by atoms with Gasteiger partial charge in [-0.1, -0.05) is 23.6 Å². The fraction of sp³-hybridized carbons (Fsp3) is 0.182. The average molecular weight is 263 g/mol. The van der Waals surface area contributed by atoms with Crippen LogP contribution in [0.2, 0.25) is 0 Å². The van der Waals surface area contributed by atoms with Crippen molar-refractivity contribution in [2.75, 3.05) is 0 Å². The SMILES string of the molecule is [CH2-]C.[CH2-]n1cc2cccc(C)c2n1.[Y]. The summed E-state index contributed by atoms with van der Waals surface area (Å²) in [5, 5.41) is 5.37. The molecule has 3 heteroatoms. The van der Waals surface area contributed by atoms with E-state index in [-0.39, 0.29) is 32.7 Å². The quantitative estimate of drug-likeness (QED) is 0.668. The smallest absolute Gasteiger partial charge is 0.0743 e. The van der Waals surface area contributed by atoms with Crippen LogP contribution in [0.4, 0.5) is 0 Å². The molecule has 0 saturated carbocycles. The summed E-state index contributed by atoms with van der Waals surface area (Å²) in [7, 11) is 3.70. The second-order valence-corrected chi connectivity index (χ2v) is 2.68. The Balaban J connectivity index is 0.000000531. The molecule has 0 amide bonds. The van der Waals surface area contributed by atoms with Gasteiger partial charge in [0, 0.05) is 32.7 Å². The van der Waals surface area contributed by atoms with Crippen molar-refractivity contribution in [2.45, 2.75) is 13.8 Å². The van der Waals surface area contributed by atoms with Gasteiger partial charge in [0.15, 0.2) is 0 Å². The van der Waals surface area contributed by atoms with E-state index in [9.17, 15) is 0 Å². The fourth-order valence-corrected chi connectivity index (χ4v) is 1.24. The number of aryl methyl sites for hydroxylation is 1. The number of hydrogen-bond acceptors (Lipinski definition) is 1. The van der Waals surface area contributed by atoms with Gasteiger partial charge in [0.2, 0.25) is 0 Å². The summed E-state index contributed by atoms with van der Waals surface area (Å²) in [5.41, 5.74) is 2.24. The van der Waals surface area contributed by atoms with E-state index in [0.29, 0.717) is 0 Å². The minimum atomic E-state index is 0. The van der Waals surface area contributed by atoms with Crippen molar-refractivity contribution in [3.63, 3.8) is 0 Å². The normalized spacial score (nSPS) is 8.79. The predicted octanol–water partition coefficient (Wildman–Crippen LogP) is 2.82. The van der Waals surface area contributed by atoms with E-state index in [1.54, 1.807) is 11.6 Å². The van der Waals surface area contributed by atoms with Gasteiger partial charge in [0.1, 0.15) is 0 Å². The van der Waals surface area contributed by atoms with Gasteiger partial charge in [0.25, 0.3) is 0 Å². The van der Waals surface area contributed by atoms with Crippen LogP contribution >= 0.6 is 0 Å². The first-order valence-corrected chi connectivity index (χ1v) is 4.24. The number of benzene rings is 1. The van der Waals surface area contributed by atoms with Crippen molar-refractivity contribution in [3.8, 4) is 0 Å². The molecule has 0 fully saturated rings. The van der Waals surface area contributed by atoms with Crippen LogP contribution in [0.3, 0.4) is 0 Å². The zero-order valence-corrected chi connectivity index (χ0v) is 11.5. The van der Waals surface area contributed by atoms with Gasteiger partial charge >= 0.3 is 0 Å². The number of fused-ring (bicyclic) bond motifs is 1. The molecule has 1 aromatic carbocycles. The third-order valence-electron chi connectivity index (χ3n) is 1.79. The molecule has 0 unspecified atom stereocenters. The summed E-state index contributed by atoms with van der Waals surface area (Å²) in [6, 6.07) is 6.12. The van der Waals surface area contributed by atoms with Crippen LogP contribution in [0.15, 0.2) is 24.4 Å². The molecule has 0 aliphatic carbocycles. The number of rotatable bonds is 0. The monoisotopic (exact) mass is 263 g/mol. The molecule has 0 bridgehead atoms. The van der Waals surface area contributed by atoms with E-state index in [4.69, 9.17) is 0 Å². The molecule has 14 heavy (non-hydrogen) atoms. The first-order chi connectivity index (χ1) is 6.27. The molecule has 1 heterocycles. The summed E-state index contributed by atoms with van der Waals surface area (Å²) >= 11 is 0. The topological polar surface area (TPSA) is 17.8 Å². The number of nitrogens with zero attached hydrogens (tertiary/aromatic N) is 2. The summed E-state index contributed by atoms with van der Waals surface area (Å²) in [4.78, 5) is 0. The molecule has 0 atom stereocenters. The summed E-state index contributed by atoms with van der Waals surface area (Å²) < 4.78 is 1.59. The van der Waals surface area contributed by atoms with Gasteiger partial charge in [0.05, 0.1) is 5.52 Å². The molecule has 0 spiro atoms. The molecule has 0 N–H and O–H groups in total. The van der Waals surface area contributed by atoms with Crippen LogP contribution in [0.1, 0.15) is 12.5 Å². The molecule has 1 aromatic heterocycles. The second-order valence-electron chi connectivity index (χ2n) is 2.68. The first kappa shape index (κ1) is 13.7. The van der Waals surface area contributed by atoms with Crippen molar-refractivity contribution in [1.29, 1.82) is 0 Å². The van der Waals surface area contributed by atoms with E-state index < -0.39 is 0 Å².